The average Bonchev–Trinajstić information content (AvgIpc) is 3.27. The van der Waals surface area contributed by atoms with Crippen LogP contribution < -0.4 is 5.73 Å². The fourth-order valence-electron chi connectivity index (χ4n) is 4.25. The van der Waals surface area contributed by atoms with E-state index in [2.05, 4.69) is 10.3 Å². The molecule has 1 amide bonds. The summed E-state index contributed by atoms with van der Waals surface area (Å²) < 4.78 is 7.13. The summed E-state index contributed by atoms with van der Waals surface area (Å²) in [6.45, 7) is 0.765. The third-order valence-electron chi connectivity index (χ3n) is 5.84. The Hall–Kier alpha value is -2.93. The molecule has 2 aromatic heterocycles. The van der Waals surface area contributed by atoms with Crippen molar-refractivity contribution in [2.24, 2.45) is 12.8 Å². The maximum atomic E-state index is 12.8. The highest BCUT2D eigenvalue weighted by molar-refractivity contribution is 5.93. The van der Waals surface area contributed by atoms with Crippen molar-refractivity contribution >= 4 is 5.91 Å². The van der Waals surface area contributed by atoms with Gasteiger partial charge in [0.15, 0.2) is 0 Å². The molecule has 3 aromatic rings. The highest BCUT2D eigenvalue weighted by atomic mass is 16.5. The van der Waals surface area contributed by atoms with E-state index in [1.807, 2.05) is 48.6 Å². The van der Waals surface area contributed by atoms with Gasteiger partial charge >= 0.3 is 0 Å². The summed E-state index contributed by atoms with van der Waals surface area (Å²) in [4.78, 5) is 14.7. The first-order chi connectivity index (χ1) is 13.0. The highest BCUT2D eigenvalue weighted by Crippen LogP contribution is 2.47. The van der Waals surface area contributed by atoms with Gasteiger partial charge in [-0.05, 0) is 24.8 Å². The zero-order valence-electron chi connectivity index (χ0n) is 15.1. The molecule has 2 aliphatic rings. The molecule has 27 heavy (non-hydrogen) atoms. The van der Waals surface area contributed by atoms with Gasteiger partial charge in [0, 0.05) is 48.6 Å². The summed E-state index contributed by atoms with van der Waals surface area (Å²) in [6.07, 6.45) is 6.60. The second-order valence-electron chi connectivity index (χ2n) is 7.66. The van der Waals surface area contributed by atoms with Crippen molar-refractivity contribution < 1.29 is 9.32 Å². The monoisotopic (exact) mass is 363 g/mol. The van der Waals surface area contributed by atoms with Crippen LogP contribution in [0.4, 0.5) is 0 Å². The van der Waals surface area contributed by atoms with E-state index < -0.39 is 0 Å². The van der Waals surface area contributed by atoms with Crippen LogP contribution in [0.15, 0.2) is 47.2 Å². The molecule has 1 saturated carbocycles. The van der Waals surface area contributed by atoms with Crippen LogP contribution in [0.3, 0.4) is 0 Å². The molecule has 0 atom stereocenters. The van der Waals surface area contributed by atoms with E-state index in [-0.39, 0.29) is 17.5 Å². The molecule has 5 rings (SSSR count). The Labute approximate surface area is 156 Å². The Morgan fingerprint density at radius 2 is 1.96 bits per heavy atom. The van der Waals surface area contributed by atoms with Crippen LogP contribution in [0.1, 0.15) is 29.8 Å². The lowest BCUT2D eigenvalue weighted by atomic mass is 9.65. The fourth-order valence-corrected chi connectivity index (χ4v) is 4.25. The van der Waals surface area contributed by atoms with Gasteiger partial charge in [0.2, 0.25) is 5.76 Å². The zero-order valence-corrected chi connectivity index (χ0v) is 15.1. The minimum Gasteiger partial charge on any atom is -0.350 e. The van der Waals surface area contributed by atoms with E-state index in [0.717, 1.165) is 42.5 Å². The zero-order chi connectivity index (χ0) is 18.6. The molecule has 3 heterocycles. The summed E-state index contributed by atoms with van der Waals surface area (Å²) in [6, 6.07) is 9.93. The molecule has 1 aliphatic heterocycles. The lowest BCUT2D eigenvalue weighted by Crippen LogP contribution is -2.70. The van der Waals surface area contributed by atoms with Crippen LogP contribution in [0, 0.1) is 0 Å². The van der Waals surface area contributed by atoms with Crippen molar-refractivity contribution in [3.63, 3.8) is 0 Å². The number of rotatable bonds is 3. The molecule has 2 N–H and O–H groups in total. The number of carbonyl (C=O) groups is 1. The number of aryl methyl sites for hydroxylation is 1. The van der Waals surface area contributed by atoms with E-state index >= 15 is 0 Å². The lowest BCUT2D eigenvalue weighted by Gasteiger charge is -2.60. The van der Waals surface area contributed by atoms with Crippen LogP contribution >= 0.6 is 0 Å². The first kappa shape index (κ1) is 16.3. The number of amides is 1. The quantitative estimate of drug-likeness (QED) is 0.772. The summed E-state index contributed by atoms with van der Waals surface area (Å²) in [5.41, 5.74) is 9.60. The Morgan fingerprint density at radius 1 is 1.22 bits per heavy atom. The van der Waals surface area contributed by atoms with Gasteiger partial charge in [0.05, 0.1) is 6.20 Å². The van der Waals surface area contributed by atoms with Crippen LogP contribution in [-0.4, -0.2) is 43.9 Å². The minimum absolute atomic E-state index is 0.0329. The van der Waals surface area contributed by atoms with Crippen LogP contribution in [0.5, 0.6) is 0 Å². The molecule has 138 valence electrons. The second kappa shape index (κ2) is 5.79. The second-order valence-corrected chi connectivity index (χ2v) is 7.66. The predicted octanol–water partition coefficient (Wildman–Crippen LogP) is 2.45. The van der Waals surface area contributed by atoms with Gasteiger partial charge in [-0.25, -0.2) is 0 Å². The molecule has 7 nitrogen and oxygen atoms in total. The van der Waals surface area contributed by atoms with E-state index in [0.29, 0.717) is 11.5 Å². The first-order valence-electron chi connectivity index (χ1n) is 9.18. The van der Waals surface area contributed by atoms with Gasteiger partial charge in [-0.1, -0.05) is 29.4 Å². The van der Waals surface area contributed by atoms with Crippen molar-refractivity contribution in [3.05, 3.63) is 48.5 Å². The standard InChI is InChI=1S/C20H21N5O2/c1-24-12-15(11-22-24)13-2-4-14(5-3-13)17-8-18(27-23-17)19(26)25-7-6-20(25)9-16(21)10-20/h2-5,8,11-12,16H,6-7,9-10,21H2,1H3/t16-,20-. The maximum Gasteiger partial charge on any atom is 0.292 e. The largest absolute Gasteiger partial charge is 0.350 e. The Morgan fingerprint density at radius 3 is 2.56 bits per heavy atom. The van der Waals surface area contributed by atoms with Gasteiger partial charge in [0.1, 0.15) is 5.69 Å². The fraction of sp³-hybridized carbons (Fsp3) is 0.350. The first-order valence-corrected chi connectivity index (χ1v) is 9.18. The third-order valence-corrected chi connectivity index (χ3v) is 5.84. The van der Waals surface area contributed by atoms with E-state index in [1.165, 1.54) is 0 Å². The summed E-state index contributed by atoms with van der Waals surface area (Å²) in [5.74, 6) is 0.208. The summed E-state index contributed by atoms with van der Waals surface area (Å²) >= 11 is 0. The number of likely N-dealkylation sites (tertiary alicyclic amines) is 1. The van der Waals surface area contributed by atoms with Crippen LogP contribution in [0.2, 0.25) is 0 Å². The Kier molecular flexibility index (Phi) is 3.48. The highest BCUT2D eigenvalue weighted by Gasteiger charge is 2.55. The van der Waals surface area contributed by atoms with E-state index in [4.69, 9.17) is 10.3 Å². The Balaban J connectivity index is 1.34. The summed E-state index contributed by atoms with van der Waals surface area (Å²) in [5, 5.41) is 8.29. The minimum atomic E-state index is -0.0844. The molecule has 0 unspecified atom stereocenters. The lowest BCUT2D eigenvalue weighted by molar-refractivity contribution is -0.0601. The number of nitrogens with zero attached hydrogens (tertiary/aromatic N) is 4. The van der Waals surface area contributed by atoms with E-state index in [9.17, 15) is 4.79 Å². The molecule has 2 fully saturated rings. The van der Waals surface area contributed by atoms with Crippen LogP contribution in [0.25, 0.3) is 22.4 Å². The molecule has 1 aliphatic carbocycles. The van der Waals surface area contributed by atoms with Gasteiger partial charge in [0.25, 0.3) is 5.91 Å². The number of hydrogen-bond acceptors (Lipinski definition) is 5. The predicted molar refractivity (Wildman–Crippen MR) is 99.7 cm³/mol. The smallest absolute Gasteiger partial charge is 0.292 e. The van der Waals surface area contributed by atoms with Crippen molar-refractivity contribution in [2.75, 3.05) is 6.54 Å². The maximum absolute atomic E-state index is 12.8. The molecule has 1 aromatic carbocycles. The summed E-state index contributed by atoms with van der Waals surface area (Å²) in [7, 11) is 1.89. The average molecular weight is 363 g/mol. The number of nitrogens with two attached hydrogens (primary N) is 1. The SMILES string of the molecule is Cn1cc(-c2ccc(-c3cc(C(=O)N4CC[C@]45C[C@@H](N)C5)on3)cc2)cn1. The van der Waals surface area contributed by atoms with Crippen molar-refractivity contribution in [3.8, 4) is 22.4 Å². The molecular weight excluding hydrogens is 342 g/mol. The number of aromatic nitrogens is 3. The number of carbonyl (C=O) groups excluding carboxylic acids is 1. The molecule has 0 radical (unpaired) electrons. The molecular formula is C20H21N5O2. The normalized spacial score (nSPS) is 23.9. The van der Waals surface area contributed by atoms with Crippen molar-refractivity contribution in [2.45, 2.75) is 30.8 Å². The van der Waals surface area contributed by atoms with Gasteiger partial charge in [-0.2, -0.15) is 5.10 Å². The number of benzene rings is 1. The van der Waals surface area contributed by atoms with Gasteiger partial charge in [-0.3, -0.25) is 9.48 Å². The molecule has 0 bridgehead atoms. The molecule has 7 heteroatoms. The van der Waals surface area contributed by atoms with Gasteiger partial charge in [-0.15, -0.1) is 0 Å². The Bertz CT molecular complexity index is 998. The van der Waals surface area contributed by atoms with E-state index in [1.54, 1.807) is 10.7 Å². The third kappa shape index (κ3) is 2.57. The van der Waals surface area contributed by atoms with Gasteiger partial charge < -0.3 is 15.2 Å². The number of hydrogen-bond donors (Lipinski definition) is 1. The molecule has 1 spiro atoms. The van der Waals surface area contributed by atoms with Crippen molar-refractivity contribution in [1.82, 2.24) is 19.8 Å². The topological polar surface area (TPSA) is 90.2 Å². The van der Waals surface area contributed by atoms with Crippen LogP contribution in [-0.2, 0) is 7.05 Å². The molecule has 1 saturated heterocycles. The van der Waals surface area contributed by atoms with Crippen molar-refractivity contribution in [1.29, 1.82) is 0 Å².